The third kappa shape index (κ3) is 1.94. The monoisotopic (exact) mass is 201 g/mol. The number of nitrogens with zero attached hydrogens (tertiary/aromatic N) is 1. The molecule has 0 saturated heterocycles. The number of rotatable bonds is 2. The molecule has 0 bridgehead atoms. The molecule has 5 heteroatoms. The Morgan fingerprint density at radius 2 is 2.75 bits per heavy atom. The van der Waals surface area contributed by atoms with E-state index in [1.165, 1.54) is 18.9 Å². The van der Waals surface area contributed by atoms with Crippen LogP contribution in [0.15, 0.2) is 16.0 Å². The van der Waals surface area contributed by atoms with Crippen molar-refractivity contribution in [2.45, 2.75) is 6.04 Å². The quantitative estimate of drug-likeness (QED) is 0.383. The number of thiocarbonyl (C=S) groups is 1. The number of isothiocyanates is 1. The molecular formula is C7H7NO2S2. The summed E-state index contributed by atoms with van der Waals surface area (Å²) in [5.41, 5.74) is 0.569. The molecule has 12 heavy (non-hydrogen) atoms. The molecule has 0 aromatic heterocycles. The summed E-state index contributed by atoms with van der Waals surface area (Å²) in [6.07, 6.45) is 0. The van der Waals surface area contributed by atoms with Crippen LogP contribution >= 0.6 is 24.0 Å². The first kappa shape index (κ1) is 9.45. The van der Waals surface area contributed by atoms with Gasteiger partial charge in [0.1, 0.15) is 6.04 Å². The molecule has 0 amide bonds. The Balaban J connectivity index is 2.75. The second-order valence-electron chi connectivity index (χ2n) is 2.13. The highest BCUT2D eigenvalue weighted by Crippen LogP contribution is 2.25. The van der Waals surface area contributed by atoms with Gasteiger partial charge in [0.15, 0.2) is 0 Å². The van der Waals surface area contributed by atoms with E-state index in [1.54, 1.807) is 5.41 Å². The lowest BCUT2D eigenvalue weighted by Gasteiger charge is -2.04. The predicted molar refractivity (Wildman–Crippen MR) is 51.4 cm³/mol. The largest absolute Gasteiger partial charge is 0.466 e. The van der Waals surface area contributed by atoms with Crippen molar-refractivity contribution in [1.29, 1.82) is 0 Å². The summed E-state index contributed by atoms with van der Waals surface area (Å²) < 4.78 is 4.57. The molecule has 3 nitrogen and oxygen atoms in total. The van der Waals surface area contributed by atoms with E-state index in [1.807, 2.05) is 0 Å². The van der Waals surface area contributed by atoms with E-state index in [4.69, 9.17) is 0 Å². The van der Waals surface area contributed by atoms with Gasteiger partial charge < -0.3 is 4.74 Å². The molecule has 0 aromatic carbocycles. The van der Waals surface area contributed by atoms with Crippen molar-refractivity contribution in [1.82, 2.24) is 0 Å². The van der Waals surface area contributed by atoms with Crippen LogP contribution in [0.25, 0.3) is 0 Å². The average Bonchev–Trinajstić information content (AvgIpc) is 2.52. The Hall–Kier alpha value is -0.640. The summed E-state index contributed by atoms with van der Waals surface area (Å²) in [7, 11) is 1.35. The van der Waals surface area contributed by atoms with Crippen molar-refractivity contribution in [2.24, 2.45) is 4.99 Å². The standard InChI is InChI=1S/C7H7NO2S2/c1-10-7(9)5-2-12-3-6(5)8-4-11/h2,6H,3H2,1H3. The number of hydrogen-bond donors (Lipinski definition) is 0. The van der Waals surface area contributed by atoms with Gasteiger partial charge in [-0.05, 0) is 17.6 Å². The molecule has 0 aromatic rings. The van der Waals surface area contributed by atoms with E-state index >= 15 is 0 Å². The summed E-state index contributed by atoms with van der Waals surface area (Å²) in [6, 6.07) is -0.167. The maximum Gasteiger partial charge on any atom is 0.336 e. The van der Waals surface area contributed by atoms with Crippen LogP contribution < -0.4 is 0 Å². The maximum absolute atomic E-state index is 11.1. The fourth-order valence-electron chi connectivity index (χ4n) is 0.870. The van der Waals surface area contributed by atoms with Gasteiger partial charge in [-0.15, -0.1) is 11.8 Å². The molecule has 1 unspecified atom stereocenters. The van der Waals surface area contributed by atoms with E-state index < -0.39 is 0 Å². The van der Waals surface area contributed by atoms with Gasteiger partial charge in [-0.25, -0.2) is 9.79 Å². The Labute approximate surface area is 79.9 Å². The van der Waals surface area contributed by atoms with Gasteiger partial charge in [-0.3, -0.25) is 0 Å². The molecule has 1 rings (SSSR count). The van der Waals surface area contributed by atoms with E-state index in [9.17, 15) is 4.79 Å². The number of esters is 1. The molecule has 1 heterocycles. The van der Waals surface area contributed by atoms with Gasteiger partial charge in [0.2, 0.25) is 0 Å². The van der Waals surface area contributed by atoms with Crippen molar-refractivity contribution in [2.75, 3.05) is 12.9 Å². The van der Waals surface area contributed by atoms with Gasteiger partial charge in [0, 0.05) is 5.75 Å². The highest BCUT2D eigenvalue weighted by Gasteiger charge is 2.25. The van der Waals surface area contributed by atoms with Crippen molar-refractivity contribution in [3.8, 4) is 0 Å². The number of methoxy groups -OCH3 is 1. The molecule has 0 aliphatic carbocycles. The fraction of sp³-hybridized carbons (Fsp3) is 0.429. The zero-order valence-corrected chi connectivity index (χ0v) is 8.08. The number of carbonyl (C=O) groups excluding carboxylic acids is 1. The van der Waals surface area contributed by atoms with Crippen LogP contribution in [0.5, 0.6) is 0 Å². The zero-order chi connectivity index (χ0) is 8.97. The molecule has 0 saturated carbocycles. The third-order valence-electron chi connectivity index (χ3n) is 1.45. The summed E-state index contributed by atoms with van der Waals surface area (Å²) in [5, 5.41) is 4.02. The minimum absolute atomic E-state index is 0.167. The molecule has 0 radical (unpaired) electrons. The van der Waals surface area contributed by atoms with Gasteiger partial charge in [0.25, 0.3) is 0 Å². The van der Waals surface area contributed by atoms with Crippen LogP contribution in [-0.2, 0) is 9.53 Å². The minimum atomic E-state index is -0.334. The fourth-order valence-corrected chi connectivity index (χ4v) is 1.96. The van der Waals surface area contributed by atoms with Crippen LogP contribution in [0.3, 0.4) is 0 Å². The summed E-state index contributed by atoms with van der Waals surface area (Å²) >= 11 is 5.99. The van der Waals surface area contributed by atoms with Crippen molar-refractivity contribution in [3.63, 3.8) is 0 Å². The second kappa shape index (κ2) is 4.40. The Bertz CT molecular complexity index is 269. The first-order valence-corrected chi connectivity index (χ1v) is 4.72. The molecule has 0 fully saturated rings. The van der Waals surface area contributed by atoms with Gasteiger partial charge in [-0.1, -0.05) is 0 Å². The number of aliphatic imine (C=N–C) groups is 1. The molecular weight excluding hydrogens is 194 g/mol. The summed E-state index contributed by atoms with van der Waals surface area (Å²) in [5.74, 6) is 0.410. The normalized spacial score (nSPS) is 21.1. The van der Waals surface area contributed by atoms with Crippen LogP contribution in [-0.4, -0.2) is 30.0 Å². The highest BCUT2D eigenvalue weighted by atomic mass is 32.2. The zero-order valence-electron chi connectivity index (χ0n) is 6.44. The van der Waals surface area contributed by atoms with Crippen molar-refractivity contribution < 1.29 is 9.53 Å². The van der Waals surface area contributed by atoms with E-state index in [-0.39, 0.29) is 12.0 Å². The third-order valence-corrected chi connectivity index (χ3v) is 2.49. The Kier molecular flexibility index (Phi) is 3.47. The second-order valence-corrected chi connectivity index (χ2v) is 3.22. The molecule has 1 atom stereocenters. The SMILES string of the molecule is COC(=O)C1=CSCC1N=C=S. The molecule has 64 valence electrons. The average molecular weight is 201 g/mol. The highest BCUT2D eigenvalue weighted by molar-refractivity contribution is 8.02. The van der Waals surface area contributed by atoms with Gasteiger partial charge in [0.05, 0.1) is 17.8 Å². The van der Waals surface area contributed by atoms with E-state index in [0.717, 1.165) is 5.75 Å². The molecule has 1 aliphatic rings. The minimum Gasteiger partial charge on any atom is -0.466 e. The molecule has 1 aliphatic heterocycles. The first-order chi connectivity index (χ1) is 5.79. The lowest BCUT2D eigenvalue weighted by atomic mass is 10.2. The number of ether oxygens (including phenoxy) is 1. The van der Waals surface area contributed by atoms with Crippen molar-refractivity contribution >= 4 is 35.1 Å². The number of hydrogen-bond acceptors (Lipinski definition) is 5. The topological polar surface area (TPSA) is 38.7 Å². The van der Waals surface area contributed by atoms with Crippen LogP contribution in [0.4, 0.5) is 0 Å². The Morgan fingerprint density at radius 3 is 3.33 bits per heavy atom. The smallest absolute Gasteiger partial charge is 0.336 e. The van der Waals surface area contributed by atoms with E-state index in [0.29, 0.717) is 5.57 Å². The Morgan fingerprint density at radius 1 is 2.00 bits per heavy atom. The van der Waals surface area contributed by atoms with Crippen LogP contribution in [0, 0.1) is 0 Å². The van der Waals surface area contributed by atoms with Gasteiger partial charge in [-0.2, -0.15) is 0 Å². The van der Waals surface area contributed by atoms with Crippen LogP contribution in [0.1, 0.15) is 0 Å². The molecule has 0 spiro atoms. The number of thioether (sulfide) groups is 1. The number of carbonyl (C=O) groups is 1. The first-order valence-electron chi connectivity index (χ1n) is 3.26. The van der Waals surface area contributed by atoms with Gasteiger partial charge >= 0.3 is 5.97 Å². The predicted octanol–water partition coefficient (Wildman–Crippen LogP) is 1.26. The summed E-state index contributed by atoms with van der Waals surface area (Å²) in [4.78, 5) is 14.9. The van der Waals surface area contributed by atoms with Crippen molar-refractivity contribution in [3.05, 3.63) is 11.0 Å². The molecule has 0 N–H and O–H groups in total. The lowest BCUT2D eigenvalue weighted by Crippen LogP contribution is -2.15. The lowest BCUT2D eigenvalue weighted by molar-refractivity contribution is -0.136. The van der Waals surface area contributed by atoms with E-state index in [2.05, 4.69) is 27.1 Å². The maximum atomic E-state index is 11.1. The summed E-state index contributed by atoms with van der Waals surface area (Å²) in [6.45, 7) is 0. The van der Waals surface area contributed by atoms with Crippen LogP contribution in [0.2, 0.25) is 0 Å².